The van der Waals surface area contributed by atoms with Crippen LogP contribution >= 0.6 is 11.8 Å². The van der Waals surface area contributed by atoms with Gasteiger partial charge >= 0.3 is 0 Å². The molecule has 4 aromatic rings. The molecule has 7 heteroatoms. The second-order valence-electron chi connectivity index (χ2n) is 6.76. The molecule has 2 aromatic heterocycles. The van der Waals surface area contributed by atoms with Crippen molar-refractivity contribution >= 4 is 11.8 Å². The summed E-state index contributed by atoms with van der Waals surface area (Å²) >= 11 is 1.45. The molecule has 4 rings (SSSR count). The van der Waals surface area contributed by atoms with Crippen LogP contribution < -0.4 is 5.56 Å². The van der Waals surface area contributed by atoms with E-state index in [1.165, 1.54) is 24.2 Å². The van der Waals surface area contributed by atoms with Crippen molar-refractivity contribution in [2.45, 2.75) is 23.8 Å². The smallest absolute Gasteiger partial charge is 0.255 e. The average molecular weight is 418 g/mol. The number of rotatable bonds is 7. The highest BCUT2D eigenvalue weighted by Crippen LogP contribution is 2.21. The lowest BCUT2D eigenvalue weighted by molar-refractivity contribution is 0.612. The fraction of sp³-hybridized carbons (Fsp3) is 0.130. The summed E-state index contributed by atoms with van der Waals surface area (Å²) in [6.45, 7) is 0. The van der Waals surface area contributed by atoms with Crippen molar-refractivity contribution in [3.63, 3.8) is 0 Å². The highest BCUT2D eigenvalue weighted by Gasteiger charge is 2.15. The Balaban J connectivity index is 1.67. The Kier molecular flexibility index (Phi) is 6.29. The van der Waals surface area contributed by atoms with Crippen LogP contribution in [0.4, 0.5) is 4.39 Å². The number of halogens is 1. The monoisotopic (exact) mass is 418 g/mol. The summed E-state index contributed by atoms with van der Waals surface area (Å²) in [5.74, 6) is 0.362. The summed E-state index contributed by atoms with van der Waals surface area (Å²) in [6.07, 6.45) is 5.33. The van der Waals surface area contributed by atoms with Crippen LogP contribution in [0.3, 0.4) is 0 Å². The van der Waals surface area contributed by atoms with Gasteiger partial charge in [-0.2, -0.15) is 0 Å². The van der Waals surface area contributed by atoms with Crippen LogP contribution in [-0.2, 0) is 18.6 Å². The third-order valence-corrected chi connectivity index (χ3v) is 5.55. The van der Waals surface area contributed by atoms with Gasteiger partial charge in [-0.1, -0.05) is 60.3 Å². The van der Waals surface area contributed by atoms with Crippen molar-refractivity contribution in [2.24, 2.45) is 0 Å². The summed E-state index contributed by atoms with van der Waals surface area (Å²) in [6, 6.07) is 16.5. The molecule has 0 aliphatic rings. The normalized spacial score (nSPS) is 10.8. The van der Waals surface area contributed by atoms with Crippen molar-refractivity contribution < 1.29 is 4.39 Å². The van der Waals surface area contributed by atoms with Gasteiger partial charge in [0.15, 0.2) is 5.16 Å². The summed E-state index contributed by atoms with van der Waals surface area (Å²) in [7, 11) is 0. The zero-order valence-electron chi connectivity index (χ0n) is 16.1. The van der Waals surface area contributed by atoms with Crippen LogP contribution in [-0.4, -0.2) is 19.9 Å². The van der Waals surface area contributed by atoms with Crippen molar-refractivity contribution in [2.75, 3.05) is 0 Å². The minimum atomic E-state index is -0.313. The zero-order chi connectivity index (χ0) is 20.8. The van der Waals surface area contributed by atoms with E-state index >= 15 is 0 Å². The third-order valence-electron chi connectivity index (χ3n) is 4.61. The van der Waals surface area contributed by atoms with Gasteiger partial charge in [0.2, 0.25) is 0 Å². The number of benzene rings is 2. The average Bonchev–Trinajstić information content (AvgIpc) is 2.77. The van der Waals surface area contributed by atoms with Gasteiger partial charge in [0.25, 0.3) is 5.56 Å². The van der Waals surface area contributed by atoms with Crippen LogP contribution in [0.1, 0.15) is 27.9 Å². The number of H-pyrrole nitrogens is 1. The first-order valence-electron chi connectivity index (χ1n) is 9.45. The number of thioether (sulfide) groups is 1. The molecule has 1 N–H and O–H groups in total. The Morgan fingerprint density at radius 2 is 1.63 bits per heavy atom. The number of hydrogen-bond acceptors (Lipinski definition) is 5. The molecule has 150 valence electrons. The lowest BCUT2D eigenvalue weighted by Gasteiger charge is -2.11. The van der Waals surface area contributed by atoms with Crippen LogP contribution in [0.15, 0.2) is 83.3 Å². The topological polar surface area (TPSA) is 71.5 Å². The fourth-order valence-corrected chi connectivity index (χ4v) is 3.93. The second-order valence-corrected chi connectivity index (χ2v) is 7.73. The van der Waals surface area contributed by atoms with E-state index in [0.717, 1.165) is 11.1 Å². The second kappa shape index (κ2) is 9.45. The molecule has 30 heavy (non-hydrogen) atoms. The van der Waals surface area contributed by atoms with Crippen LogP contribution in [0, 0.1) is 5.82 Å². The van der Waals surface area contributed by atoms with Gasteiger partial charge in [-0.25, -0.2) is 19.3 Å². The van der Waals surface area contributed by atoms with Gasteiger partial charge in [0.1, 0.15) is 12.1 Å². The van der Waals surface area contributed by atoms with E-state index in [4.69, 9.17) is 0 Å². The molecule has 0 amide bonds. The van der Waals surface area contributed by atoms with E-state index in [9.17, 15) is 9.18 Å². The van der Waals surface area contributed by atoms with Gasteiger partial charge in [0, 0.05) is 36.6 Å². The molecule has 5 nitrogen and oxygen atoms in total. The summed E-state index contributed by atoms with van der Waals surface area (Å²) in [5, 5.41) is 0.517. The lowest BCUT2D eigenvalue weighted by atomic mass is 10.0. The fourth-order valence-electron chi connectivity index (χ4n) is 3.09. The lowest BCUT2D eigenvalue weighted by Crippen LogP contribution is -2.20. The highest BCUT2D eigenvalue weighted by molar-refractivity contribution is 7.98. The Morgan fingerprint density at radius 1 is 0.900 bits per heavy atom. The molecular weight excluding hydrogens is 399 g/mol. The zero-order valence-corrected chi connectivity index (χ0v) is 16.9. The SMILES string of the molecule is O=c1[nH]c(SCc2ccccc2)nc(Cc2ccccc2F)c1Cc1cncnc1. The predicted octanol–water partition coefficient (Wildman–Crippen LogP) is 4.17. The third kappa shape index (κ3) is 4.99. The minimum absolute atomic E-state index is 0.226. The van der Waals surface area contributed by atoms with E-state index in [2.05, 4.69) is 19.9 Å². The Bertz CT molecular complexity index is 1180. The summed E-state index contributed by atoms with van der Waals surface area (Å²) < 4.78 is 14.3. The predicted molar refractivity (Wildman–Crippen MR) is 115 cm³/mol. The molecule has 0 unspecified atom stereocenters. The van der Waals surface area contributed by atoms with E-state index in [1.807, 2.05) is 30.3 Å². The molecule has 0 atom stereocenters. The number of hydrogen-bond donors (Lipinski definition) is 1. The van der Waals surface area contributed by atoms with Gasteiger partial charge in [-0.3, -0.25) is 4.79 Å². The van der Waals surface area contributed by atoms with Gasteiger partial charge < -0.3 is 4.98 Å². The molecule has 0 bridgehead atoms. The van der Waals surface area contributed by atoms with Gasteiger partial charge in [-0.15, -0.1) is 0 Å². The van der Waals surface area contributed by atoms with Crippen molar-refractivity contribution in [3.8, 4) is 0 Å². The van der Waals surface area contributed by atoms with Crippen LogP contribution in [0.25, 0.3) is 0 Å². The molecule has 0 saturated heterocycles. The maximum absolute atomic E-state index is 14.3. The molecule has 2 heterocycles. The van der Waals surface area contributed by atoms with Crippen molar-refractivity contribution in [1.29, 1.82) is 0 Å². The largest absolute Gasteiger partial charge is 0.301 e. The number of nitrogens with one attached hydrogen (secondary N) is 1. The molecule has 0 aliphatic heterocycles. The minimum Gasteiger partial charge on any atom is -0.301 e. The molecule has 0 aliphatic carbocycles. The maximum atomic E-state index is 14.3. The first-order chi connectivity index (χ1) is 14.7. The van der Waals surface area contributed by atoms with Crippen LogP contribution in [0.5, 0.6) is 0 Å². The first kappa shape index (κ1) is 20.0. The van der Waals surface area contributed by atoms with Crippen molar-refractivity contribution in [3.05, 3.63) is 117 Å². The van der Waals surface area contributed by atoms with E-state index in [0.29, 0.717) is 34.2 Å². The quantitative estimate of drug-likeness (QED) is 0.360. The standard InChI is InChI=1S/C23H19FN4OS/c24-20-9-5-4-8-18(20)11-21-19(10-17-12-25-15-26-13-17)22(29)28-23(27-21)30-14-16-6-2-1-3-7-16/h1-9,12-13,15H,10-11,14H2,(H,27,28,29). The van der Waals surface area contributed by atoms with Crippen molar-refractivity contribution in [1.82, 2.24) is 19.9 Å². The van der Waals surface area contributed by atoms with Gasteiger partial charge in [0.05, 0.1) is 5.69 Å². The Hall–Kier alpha value is -3.32. The Morgan fingerprint density at radius 3 is 2.40 bits per heavy atom. The van der Waals surface area contributed by atoms with E-state index in [1.54, 1.807) is 30.6 Å². The molecule has 0 spiro atoms. The maximum Gasteiger partial charge on any atom is 0.255 e. The summed E-state index contributed by atoms with van der Waals surface area (Å²) in [4.78, 5) is 28.5. The van der Waals surface area contributed by atoms with E-state index in [-0.39, 0.29) is 17.8 Å². The van der Waals surface area contributed by atoms with Crippen LogP contribution in [0.2, 0.25) is 0 Å². The van der Waals surface area contributed by atoms with E-state index < -0.39 is 0 Å². The molecular formula is C23H19FN4OS. The highest BCUT2D eigenvalue weighted by atomic mass is 32.2. The first-order valence-corrected chi connectivity index (χ1v) is 10.4. The molecule has 0 saturated carbocycles. The number of aromatic nitrogens is 4. The Labute approximate surface area is 177 Å². The summed E-state index contributed by atoms with van der Waals surface area (Å²) in [5.41, 5.74) is 3.26. The number of nitrogens with zero attached hydrogens (tertiary/aromatic N) is 3. The molecule has 0 radical (unpaired) electrons. The molecule has 2 aromatic carbocycles. The molecule has 0 fully saturated rings. The van der Waals surface area contributed by atoms with Gasteiger partial charge in [-0.05, 0) is 22.8 Å². The number of aromatic amines is 1.